The lowest BCUT2D eigenvalue weighted by atomic mass is 9.96. The maximum atomic E-state index is 13.5. The zero-order valence-electron chi connectivity index (χ0n) is 15.5. The lowest BCUT2D eigenvalue weighted by Crippen LogP contribution is -2.42. The average molecular weight is 379 g/mol. The summed E-state index contributed by atoms with van der Waals surface area (Å²) < 4.78 is 1.77. The van der Waals surface area contributed by atoms with E-state index < -0.39 is 0 Å². The highest BCUT2D eigenvalue weighted by atomic mass is 32.1. The van der Waals surface area contributed by atoms with Crippen molar-refractivity contribution >= 4 is 33.1 Å². The van der Waals surface area contributed by atoms with E-state index in [1.165, 1.54) is 16.9 Å². The Balaban J connectivity index is 1.66. The Kier molecular flexibility index (Phi) is 3.72. The number of nitrogens with zero attached hydrogens (tertiary/aromatic N) is 3. The standard InChI is InChI=1S/C21H21N3O2S/c1-12-9-10-14-6-3-4-7-15(14)24(12)21(26)18-13(2)17-19(27-18)22-16-8-5-11-23(16)20(17)25/h3-4,6-7,12H,5,8-11H2,1-2H3/t12-/m0/s1. The number of carbonyl (C=O) groups is 1. The first-order valence-corrected chi connectivity index (χ1v) is 10.3. The van der Waals surface area contributed by atoms with Gasteiger partial charge in [0.1, 0.15) is 10.7 Å². The van der Waals surface area contributed by atoms with Gasteiger partial charge in [0.05, 0.1) is 10.3 Å². The van der Waals surface area contributed by atoms with Crippen molar-refractivity contribution < 1.29 is 4.79 Å². The van der Waals surface area contributed by atoms with Gasteiger partial charge in [-0.15, -0.1) is 11.3 Å². The predicted octanol–water partition coefficient (Wildman–Crippen LogP) is 3.69. The van der Waals surface area contributed by atoms with Gasteiger partial charge >= 0.3 is 0 Å². The average Bonchev–Trinajstić information content (AvgIpc) is 3.26. The van der Waals surface area contributed by atoms with E-state index in [9.17, 15) is 9.59 Å². The van der Waals surface area contributed by atoms with Gasteiger partial charge < -0.3 is 4.90 Å². The minimum absolute atomic E-state index is 0.00685. The lowest BCUT2D eigenvalue weighted by Gasteiger charge is -2.35. The molecule has 0 fully saturated rings. The molecule has 2 aliphatic heterocycles. The molecule has 2 aliphatic rings. The van der Waals surface area contributed by atoms with Crippen LogP contribution in [0.25, 0.3) is 10.2 Å². The van der Waals surface area contributed by atoms with Crippen LogP contribution in [0.1, 0.15) is 46.4 Å². The molecule has 3 aromatic rings. The third-order valence-electron chi connectivity index (χ3n) is 5.85. The van der Waals surface area contributed by atoms with E-state index in [0.717, 1.165) is 49.3 Å². The number of anilines is 1. The monoisotopic (exact) mass is 379 g/mol. The van der Waals surface area contributed by atoms with Crippen molar-refractivity contribution in [2.24, 2.45) is 0 Å². The van der Waals surface area contributed by atoms with Crippen molar-refractivity contribution in [2.45, 2.75) is 52.1 Å². The SMILES string of the molecule is Cc1c(C(=O)N2c3ccccc3CC[C@@H]2C)sc2nc3n(c(=O)c12)CCC3. The van der Waals surface area contributed by atoms with E-state index in [1.807, 2.05) is 30.0 Å². The van der Waals surface area contributed by atoms with Crippen LogP contribution >= 0.6 is 11.3 Å². The fourth-order valence-electron chi connectivity index (χ4n) is 4.39. The Bertz CT molecular complexity index is 1140. The van der Waals surface area contributed by atoms with Crippen LogP contribution in [-0.2, 0) is 19.4 Å². The summed E-state index contributed by atoms with van der Waals surface area (Å²) in [6, 6.07) is 8.25. The summed E-state index contributed by atoms with van der Waals surface area (Å²) in [4.78, 5) is 34.4. The minimum Gasteiger partial charge on any atom is -0.305 e. The third-order valence-corrected chi connectivity index (χ3v) is 7.02. The van der Waals surface area contributed by atoms with Gasteiger partial charge in [-0.1, -0.05) is 18.2 Å². The van der Waals surface area contributed by atoms with Crippen LogP contribution in [0.5, 0.6) is 0 Å². The second-order valence-corrected chi connectivity index (χ2v) is 8.52. The molecule has 1 aromatic carbocycles. The highest BCUT2D eigenvalue weighted by molar-refractivity contribution is 7.20. The maximum absolute atomic E-state index is 13.5. The van der Waals surface area contributed by atoms with E-state index in [2.05, 4.69) is 13.0 Å². The third kappa shape index (κ3) is 2.39. The molecular weight excluding hydrogens is 358 g/mol. The summed E-state index contributed by atoms with van der Waals surface area (Å²) in [5, 5.41) is 0.618. The van der Waals surface area contributed by atoms with Crippen LogP contribution < -0.4 is 10.5 Å². The summed E-state index contributed by atoms with van der Waals surface area (Å²) >= 11 is 1.37. The first-order chi connectivity index (χ1) is 13.1. The molecule has 1 amide bonds. The molecule has 4 heterocycles. The Morgan fingerprint density at radius 3 is 2.93 bits per heavy atom. The zero-order valence-corrected chi connectivity index (χ0v) is 16.3. The molecule has 0 N–H and O–H groups in total. The van der Waals surface area contributed by atoms with Crippen molar-refractivity contribution in [3.05, 3.63) is 56.4 Å². The van der Waals surface area contributed by atoms with Gasteiger partial charge in [-0.05, 0) is 50.3 Å². The van der Waals surface area contributed by atoms with Gasteiger partial charge in [-0.25, -0.2) is 4.98 Å². The van der Waals surface area contributed by atoms with Crippen LogP contribution in [-0.4, -0.2) is 21.5 Å². The van der Waals surface area contributed by atoms with E-state index in [0.29, 0.717) is 15.1 Å². The molecule has 0 saturated heterocycles. The molecule has 0 saturated carbocycles. The number of carbonyl (C=O) groups excluding carboxylic acids is 1. The van der Waals surface area contributed by atoms with Gasteiger partial charge in [-0.3, -0.25) is 14.2 Å². The van der Waals surface area contributed by atoms with Gasteiger partial charge in [0, 0.05) is 24.7 Å². The number of fused-ring (bicyclic) bond motifs is 3. The van der Waals surface area contributed by atoms with E-state index in [-0.39, 0.29) is 17.5 Å². The highest BCUT2D eigenvalue weighted by Crippen LogP contribution is 2.35. The maximum Gasteiger partial charge on any atom is 0.268 e. The Morgan fingerprint density at radius 2 is 2.07 bits per heavy atom. The van der Waals surface area contributed by atoms with Crippen LogP contribution in [0.2, 0.25) is 0 Å². The van der Waals surface area contributed by atoms with Gasteiger partial charge in [0.15, 0.2) is 0 Å². The fraction of sp³-hybridized carbons (Fsp3) is 0.381. The van der Waals surface area contributed by atoms with E-state index in [1.54, 1.807) is 4.57 Å². The minimum atomic E-state index is -0.0142. The molecule has 138 valence electrons. The quantitative estimate of drug-likeness (QED) is 0.648. The van der Waals surface area contributed by atoms with Crippen molar-refractivity contribution in [1.29, 1.82) is 0 Å². The molecule has 0 unspecified atom stereocenters. The Hall–Kier alpha value is -2.47. The van der Waals surface area contributed by atoms with Crippen molar-refractivity contribution in [3.8, 4) is 0 Å². The molecule has 5 rings (SSSR count). The van der Waals surface area contributed by atoms with Gasteiger partial charge in [0.25, 0.3) is 11.5 Å². The molecule has 0 spiro atoms. The number of benzene rings is 1. The van der Waals surface area contributed by atoms with Gasteiger partial charge in [-0.2, -0.15) is 0 Å². The fourth-order valence-corrected chi connectivity index (χ4v) is 5.51. The van der Waals surface area contributed by atoms with Gasteiger partial charge in [0.2, 0.25) is 0 Å². The largest absolute Gasteiger partial charge is 0.305 e. The Labute approximate surface area is 161 Å². The van der Waals surface area contributed by atoms with Crippen LogP contribution in [0.4, 0.5) is 5.69 Å². The number of aromatic nitrogens is 2. The molecule has 0 aliphatic carbocycles. The molecule has 5 nitrogen and oxygen atoms in total. The Morgan fingerprint density at radius 1 is 1.26 bits per heavy atom. The van der Waals surface area contributed by atoms with Crippen LogP contribution in [0.15, 0.2) is 29.1 Å². The summed E-state index contributed by atoms with van der Waals surface area (Å²) in [6.45, 7) is 4.71. The smallest absolute Gasteiger partial charge is 0.268 e. The normalized spacial score (nSPS) is 18.6. The van der Waals surface area contributed by atoms with Crippen LogP contribution in [0, 0.1) is 6.92 Å². The molecular formula is C21H21N3O2S. The van der Waals surface area contributed by atoms with E-state index >= 15 is 0 Å². The molecule has 0 bridgehead atoms. The van der Waals surface area contributed by atoms with Crippen molar-refractivity contribution in [2.75, 3.05) is 4.90 Å². The van der Waals surface area contributed by atoms with Crippen molar-refractivity contribution in [1.82, 2.24) is 9.55 Å². The summed E-state index contributed by atoms with van der Waals surface area (Å²) in [5.74, 6) is 0.837. The molecule has 27 heavy (non-hydrogen) atoms. The zero-order chi connectivity index (χ0) is 18.7. The number of aryl methyl sites for hydroxylation is 3. The first-order valence-electron chi connectivity index (χ1n) is 9.50. The lowest BCUT2D eigenvalue weighted by molar-refractivity contribution is 0.0978. The summed E-state index contributed by atoms with van der Waals surface area (Å²) in [5.41, 5.74) is 2.98. The molecule has 0 radical (unpaired) electrons. The second kappa shape index (κ2) is 6.02. The molecule has 6 heteroatoms. The van der Waals surface area contributed by atoms with Crippen LogP contribution in [0.3, 0.4) is 0 Å². The summed E-state index contributed by atoms with van der Waals surface area (Å²) in [7, 11) is 0. The predicted molar refractivity (Wildman–Crippen MR) is 108 cm³/mol. The number of thiophene rings is 1. The highest BCUT2D eigenvalue weighted by Gasteiger charge is 2.32. The first kappa shape index (κ1) is 16.7. The molecule has 2 aromatic heterocycles. The second-order valence-electron chi connectivity index (χ2n) is 7.52. The topological polar surface area (TPSA) is 55.2 Å². The van der Waals surface area contributed by atoms with E-state index in [4.69, 9.17) is 4.98 Å². The number of hydrogen-bond donors (Lipinski definition) is 0. The number of rotatable bonds is 1. The van der Waals surface area contributed by atoms with Crippen molar-refractivity contribution in [3.63, 3.8) is 0 Å². The number of para-hydroxylation sites is 1. The number of hydrogen-bond acceptors (Lipinski definition) is 4. The molecule has 1 atom stereocenters. The summed E-state index contributed by atoms with van der Waals surface area (Å²) in [6.07, 6.45) is 3.73. The number of amides is 1.